The highest BCUT2D eigenvalue weighted by molar-refractivity contribution is 5.81. The number of carbonyl (C=O) groups excluding carboxylic acids is 1. The van der Waals surface area contributed by atoms with Crippen LogP contribution in [0.1, 0.15) is 38.2 Å². The molecule has 1 N–H and O–H groups in total. The van der Waals surface area contributed by atoms with Gasteiger partial charge in [-0.3, -0.25) is 4.79 Å². The minimum Gasteiger partial charge on any atom is -0.481 e. The van der Waals surface area contributed by atoms with Gasteiger partial charge in [-0.1, -0.05) is 24.1 Å². The van der Waals surface area contributed by atoms with Crippen molar-refractivity contribution in [3.8, 4) is 5.75 Å². The summed E-state index contributed by atoms with van der Waals surface area (Å²) in [7, 11) is 0. The van der Waals surface area contributed by atoms with Crippen molar-refractivity contribution < 1.29 is 9.53 Å². The SMILES string of the molecule is Cc1ccc(O[C@@H](C)C(=O)N[C@@H]2C[C@H]3CC[C@H]2C3)cc1. The third-order valence-corrected chi connectivity index (χ3v) is 4.77. The second kappa shape index (κ2) is 5.47. The smallest absolute Gasteiger partial charge is 0.261 e. The third-order valence-electron chi connectivity index (χ3n) is 4.77. The van der Waals surface area contributed by atoms with Crippen molar-refractivity contribution in [1.29, 1.82) is 0 Å². The van der Waals surface area contributed by atoms with Gasteiger partial charge in [0, 0.05) is 6.04 Å². The molecule has 0 saturated heterocycles. The first-order valence-corrected chi connectivity index (χ1v) is 7.65. The van der Waals surface area contributed by atoms with Gasteiger partial charge in [0.2, 0.25) is 0 Å². The Morgan fingerprint density at radius 1 is 1.25 bits per heavy atom. The van der Waals surface area contributed by atoms with E-state index in [2.05, 4.69) is 5.32 Å². The van der Waals surface area contributed by atoms with Crippen molar-refractivity contribution >= 4 is 5.91 Å². The number of amides is 1. The molecule has 3 rings (SSSR count). The van der Waals surface area contributed by atoms with Crippen molar-refractivity contribution in [2.75, 3.05) is 0 Å². The molecule has 2 aliphatic rings. The lowest BCUT2D eigenvalue weighted by Gasteiger charge is -2.24. The van der Waals surface area contributed by atoms with Crippen LogP contribution >= 0.6 is 0 Å². The van der Waals surface area contributed by atoms with Crippen molar-refractivity contribution in [2.45, 2.75) is 51.7 Å². The van der Waals surface area contributed by atoms with E-state index in [0.717, 1.165) is 18.1 Å². The summed E-state index contributed by atoms with van der Waals surface area (Å²) in [6, 6.07) is 8.20. The molecule has 2 saturated carbocycles. The summed E-state index contributed by atoms with van der Waals surface area (Å²) < 4.78 is 5.71. The van der Waals surface area contributed by atoms with Crippen molar-refractivity contribution in [1.82, 2.24) is 5.32 Å². The second-order valence-corrected chi connectivity index (χ2v) is 6.36. The fourth-order valence-electron chi connectivity index (χ4n) is 3.60. The van der Waals surface area contributed by atoms with Gasteiger partial charge in [0.25, 0.3) is 5.91 Å². The summed E-state index contributed by atoms with van der Waals surface area (Å²) in [5.41, 5.74) is 1.19. The van der Waals surface area contributed by atoms with E-state index < -0.39 is 6.10 Å². The predicted molar refractivity (Wildman–Crippen MR) is 78.6 cm³/mol. The normalized spacial score (nSPS) is 29.2. The minimum absolute atomic E-state index is 0.0168. The van der Waals surface area contributed by atoms with Crippen LogP contribution in [0.4, 0.5) is 0 Å². The molecule has 2 aliphatic carbocycles. The molecule has 4 atom stereocenters. The largest absolute Gasteiger partial charge is 0.481 e. The van der Waals surface area contributed by atoms with Gasteiger partial charge in [-0.2, -0.15) is 0 Å². The maximum atomic E-state index is 12.2. The van der Waals surface area contributed by atoms with Crippen LogP contribution < -0.4 is 10.1 Å². The van der Waals surface area contributed by atoms with E-state index in [4.69, 9.17) is 4.74 Å². The van der Waals surface area contributed by atoms with Gasteiger partial charge in [0.15, 0.2) is 6.10 Å². The molecule has 0 aromatic heterocycles. The zero-order valence-electron chi connectivity index (χ0n) is 12.3. The van der Waals surface area contributed by atoms with Gasteiger partial charge in [0.1, 0.15) is 5.75 Å². The molecule has 1 aromatic rings. The van der Waals surface area contributed by atoms with Gasteiger partial charge in [-0.05, 0) is 57.1 Å². The summed E-state index contributed by atoms with van der Waals surface area (Å²) in [4.78, 5) is 12.2. The van der Waals surface area contributed by atoms with E-state index in [1.54, 1.807) is 0 Å². The molecule has 20 heavy (non-hydrogen) atoms. The van der Waals surface area contributed by atoms with Crippen LogP contribution in [0.25, 0.3) is 0 Å². The predicted octanol–water partition coefficient (Wildman–Crippen LogP) is 3.07. The van der Waals surface area contributed by atoms with Gasteiger partial charge < -0.3 is 10.1 Å². The molecule has 2 fully saturated rings. The van der Waals surface area contributed by atoms with Crippen LogP contribution in [0.15, 0.2) is 24.3 Å². The number of aryl methyl sites for hydroxylation is 1. The maximum Gasteiger partial charge on any atom is 0.261 e. The number of nitrogens with one attached hydrogen (secondary N) is 1. The number of ether oxygens (including phenoxy) is 1. The summed E-state index contributed by atoms with van der Waals surface area (Å²) in [5.74, 6) is 2.32. The molecule has 1 aromatic carbocycles. The third kappa shape index (κ3) is 2.82. The van der Waals surface area contributed by atoms with Crippen LogP contribution in [-0.4, -0.2) is 18.1 Å². The highest BCUT2D eigenvalue weighted by Crippen LogP contribution is 2.44. The Balaban J connectivity index is 1.53. The van der Waals surface area contributed by atoms with E-state index in [9.17, 15) is 4.79 Å². The quantitative estimate of drug-likeness (QED) is 0.915. The molecular formula is C17H23NO2. The van der Waals surface area contributed by atoms with Crippen LogP contribution in [0.3, 0.4) is 0 Å². The lowest BCUT2D eigenvalue weighted by molar-refractivity contribution is -0.128. The van der Waals surface area contributed by atoms with E-state index in [1.807, 2.05) is 38.1 Å². The lowest BCUT2D eigenvalue weighted by Crippen LogP contribution is -2.44. The van der Waals surface area contributed by atoms with Crippen LogP contribution in [0.2, 0.25) is 0 Å². The first-order valence-electron chi connectivity index (χ1n) is 7.65. The topological polar surface area (TPSA) is 38.3 Å². The number of hydrogen-bond donors (Lipinski definition) is 1. The Morgan fingerprint density at radius 3 is 2.60 bits per heavy atom. The van der Waals surface area contributed by atoms with Crippen molar-refractivity contribution in [2.24, 2.45) is 11.8 Å². The monoisotopic (exact) mass is 273 g/mol. The standard InChI is InChI=1S/C17H23NO2/c1-11-3-7-15(8-4-11)20-12(2)17(19)18-16-10-13-5-6-14(16)9-13/h3-4,7-8,12-14,16H,5-6,9-10H2,1-2H3,(H,18,19)/t12-,13-,14-,16+/m0/s1. The lowest BCUT2D eigenvalue weighted by atomic mass is 9.95. The fourth-order valence-corrected chi connectivity index (χ4v) is 3.60. The number of benzene rings is 1. The summed E-state index contributed by atoms with van der Waals surface area (Å²) >= 11 is 0. The van der Waals surface area contributed by atoms with Crippen LogP contribution in [-0.2, 0) is 4.79 Å². The second-order valence-electron chi connectivity index (χ2n) is 6.36. The molecule has 1 amide bonds. The Morgan fingerprint density at radius 2 is 2.00 bits per heavy atom. The van der Waals surface area contributed by atoms with E-state index in [1.165, 1.54) is 24.8 Å². The molecular weight excluding hydrogens is 250 g/mol. The van der Waals surface area contributed by atoms with Gasteiger partial charge in [0.05, 0.1) is 0 Å². The molecule has 3 heteroatoms. The summed E-state index contributed by atoms with van der Waals surface area (Å²) in [6.07, 6.45) is 4.66. The van der Waals surface area contributed by atoms with Crippen LogP contribution in [0.5, 0.6) is 5.75 Å². The molecule has 108 valence electrons. The Kier molecular flexibility index (Phi) is 3.68. The fraction of sp³-hybridized carbons (Fsp3) is 0.588. The van der Waals surface area contributed by atoms with Gasteiger partial charge in [-0.15, -0.1) is 0 Å². The van der Waals surface area contributed by atoms with Crippen molar-refractivity contribution in [3.05, 3.63) is 29.8 Å². The molecule has 0 aliphatic heterocycles. The minimum atomic E-state index is -0.433. The van der Waals surface area contributed by atoms with Gasteiger partial charge in [-0.25, -0.2) is 0 Å². The Hall–Kier alpha value is -1.51. The zero-order valence-corrected chi connectivity index (χ0v) is 12.3. The first-order chi connectivity index (χ1) is 9.61. The zero-order chi connectivity index (χ0) is 14.1. The first kappa shape index (κ1) is 13.5. The highest BCUT2D eigenvalue weighted by Gasteiger charge is 2.40. The Bertz CT molecular complexity index is 482. The average Bonchev–Trinajstić information content (AvgIpc) is 3.03. The van der Waals surface area contributed by atoms with Crippen LogP contribution in [0, 0.1) is 18.8 Å². The Labute approximate surface area is 120 Å². The van der Waals surface area contributed by atoms with Gasteiger partial charge >= 0.3 is 0 Å². The van der Waals surface area contributed by atoms with E-state index in [0.29, 0.717) is 12.0 Å². The van der Waals surface area contributed by atoms with E-state index in [-0.39, 0.29) is 5.91 Å². The number of carbonyl (C=O) groups is 1. The highest BCUT2D eigenvalue weighted by atomic mass is 16.5. The maximum absolute atomic E-state index is 12.2. The number of hydrogen-bond acceptors (Lipinski definition) is 2. The molecule has 0 heterocycles. The average molecular weight is 273 g/mol. The molecule has 0 unspecified atom stereocenters. The summed E-state index contributed by atoms with van der Waals surface area (Å²) in [5, 5.41) is 3.18. The van der Waals surface area contributed by atoms with E-state index >= 15 is 0 Å². The van der Waals surface area contributed by atoms with Crippen molar-refractivity contribution in [3.63, 3.8) is 0 Å². The molecule has 3 nitrogen and oxygen atoms in total. The molecule has 2 bridgehead atoms. The molecule has 0 radical (unpaired) electrons. The molecule has 0 spiro atoms. The summed E-state index contributed by atoms with van der Waals surface area (Å²) in [6.45, 7) is 3.86. The number of rotatable bonds is 4. The number of fused-ring (bicyclic) bond motifs is 2.